The summed E-state index contributed by atoms with van der Waals surface area (Å²) in [5, 5.41) is 18.1. The van der Waals surface area contributed by atoms with Crippen molar-refractivity contribution in [2.45, 2.75) is 20.3 Å². The number of aryl methyl sites for hydroxylation is 1. The van der Waals surface area contributed by atoms with Crippen LogP contribution < -0.4 is 0 Å². The van der Waals surface area contributed by atoms with Crippen molar-refractivity contribution in [2.24, 2.45) is 0 Å². The number of halogens is 1. The zero-order chi connectivity index (χ0) is 10.0. The quantitative estimate of drug-likeness (QED) is 0.820. The van der Waals surface area contributed by atoms with E-state index in [-0.39, 0.29) is 12.2 Å². The largest absolute Gasteiger partial charge is 0.508 e. The molecule has 1 aromatic carbocycles. The fourth-order valence-electron chi connectivity index (χ4n) is 1.28. The van der Waals surface area contributed by atoms with Crippen LogP contribution in [0.15, 0.2) is 10.5 Å². The van der Waals surface area contributed by atoms with Crippen LogP contribution in [0.25, 0.3) is 0 Å². The number of rotatable bonds is 1. The molecule has 0 saturated carbocycles. The van der Waals surface area contributed by atoms with Gasteiger partial charge < -0.3 is 5.11 Å². The molecule has 0 aliphatic rings. The summed E-state index contributed by atoms with van der Waals surface area (Å²) in [4.78, 5) is 0. The first kappa shape index (κ1) is 10.1. The van der Waals surface area contributed by atoms with Gasteiger partial charge >= 0.3 is 0 Å². The molecule has 0 saturated heterocycles. The summed E-state index contributed by atoms with van der Waals surface area (Å²) in [7, 11) is 0. The van der Waals surface area contributed by atoms with Crippen molar-refractivity contribution in [1.82, 2.24) is 0 Å². The molecule has 0 aromatic heterocycles. The predicted molar refractivity (Wildman–Crippen MR) is 54.6 cm³/mol. The van der Waals surface area contributed by atoms with Crippen LogP contribution >= 0.6 is 15.9 Å². The van der Waals surface area contributed by atoms with Crippen molar-refractivity contribution >= 4 is 15.9 Å². The Bertz CT molecular complexity index is 379. The van der Waals surface area contributed by atoms with Crippen molar-refractivity contribution in [3.8, 4) is 11.8 Å². The van der Waals surface area contributed by atoms with Crippen LogP contribution in [-0.2, 0) is 6.42 Å². The fraction of sp³-hybridized carbons (Fsp3) is 0.300. The molecule has 13 heavy (non-hydrogen) atoms. The maximum Gasteiger partial charge on any atom is 0.120 e. The Kier molecular flexibility index (Phi) is 2.94. The molecule has 0 aliphatic heterocycles. The summed E-state index contributed by atoms with van der Waals surface area (Å²) in [5.74, 6) is 0.208. The SMILES string of the molecule is Cc1cc(O)c(CC#N)c(C)c1Br. The third-order valence-electron chi connectivity index (χ3n) is 2.05. The molecule has 0 unspecified atom stereocenters. The van der Waals surface area contributed by atoms with Gasteiger partial charge in [0.05, 0.1) is 12.5 Å². The van der Waals surface area contributed by atoms with Gasteiger partial charge in [-0.05, 0) is 31.0 Å². The average Bonchev–Trinajstić information content (AvgIpc) is 2.09. The lowest BCUT2D eigenvalue weighted by atomic mass is 10.0. The van der Waals surface area contributed by atoms with Crippen molar-refractivity contribution in [3.05, 3.63) is 27.2 Å². The maximum atomic E-state index is 9.56. The van der Waals surface area contributed by atoms with Gasteiger partial charge in [-0.3, -0.25) is 0 Å². The van der Waals surface area contributed by atoms with Crippen molar-refractivity contribution < 1.29 is 5.11 Å². The number of phenolic OH excluding ortho intramolecular Hbond substituents is 1. The highest BCUT2D eigenvalue weighted by Gasteiger charge is 2.09. The Hall–Kier alpha value is -1.01. The second kappa shape index (κ2) is 3.80. The lowest BCUT2D eigenvalue weighted by molar-refractivity contribution is 0.468. The van der Waals surface area contributed by atoms with Crippen LogP contribution in [0.2, 0.25) is 0 Å². The number of nitrogens with zero attached hydrogens (tertiary/aromatic N) is 1. The molecule has 1 N–H and O–H groups in total. The van der Waals surface area contributed by atoms with E-state index in [2.05, 4.69) is 15.9 Å². The number of hydrogen-bond donors (Lipinski definition) is 1. The number of benzene rings is 1. The molecule has 1 rings (SSSR count). The Morgan fingerprint density at radius 2 is 2.15 bits per heavy atom. The topological polar surface area (TPSA) is 44.0 Å². The molecule has 2 nitrogen and oxygen atoms in total. The number of hydrogen-bond acceptors (Lipinski definition) is 2. The molecule has 3 heteroatoms. The van der Waals surface area contributed by atoms with Gasteiger partial charge in [0.2, 0.25) is 0 Å². The Morgan fingerprint density at radius 3 is 2.69 bits per heavy atom. The molecule has 0 atom stereocenters. The van der Waals surface area contributed by atoms with Gasteiger partial charge in [-0.1, -0.05) is 15.9 Å². The minimum Gasteiger partial charge on any atom is -0.508 e. The van der Waals surface area contributed by atoms with Crippen molar-refractivity contribution in [3.63, 3.8) is 0 Å². The lowest BCUT2D eigenvalue weighted by Crippen LogP contribution is -1.92. The third-order valence-corrected chi connectivity index (χ3v) is 3.27. The van der Waals surface area contributed by atoms with E-state index < -0.39 is 0 Å². The van der Waals surface area contributed by atoms with E-state index in [1.54, 1.807) is 6.07 Å². The molecule has 68 valence electrons. The second-order valence-corrected chi connectivity index (χ2v) is 3.76. The van der Waals surface area contributed by atoms with Crippen molar-refractivity contribution in [1.29, 1.82) is 5.26 Å². The Labute approximate surface area is 85.9 Å². The first-order chi connectivity index (χ1) is 6.07. The molecule has 1 aromatic rings. The smallest absolute Gasteiger partial charge is 0.120 e. The van der Waals surface area contributed by atoms with E-state index in [9.17, 15) is 5.11 Å². The van der Waals surface area contributed by atoms with E-state index in [1.165, 1.54) is 0 Å². The summed E-state index contributed by atoms with van der Waals surface area (Å²) in [6.07, 6.45) is 0.247. The van der Waals surface area contributed by atoms with E-state index in [4.69, 9.17) is 5.26 Å². The summed E-state index contributed by atoms with van der Waals surface area (Å²) < 4.78 is 0.968. The molecule has 0 radical (unpaired) electrons. The van der Waals surface area contributed by atoms with E-state index in [0.29, 0.717) is 5.56 Å². The van der Waals surface area contributed by atoms with Crippen LogP contribution in [0.5, 0.6) is 5.75 Å². The first-order valence-corrected chi connectivity index (χ1v) is 4.71. The lowest BCUT2D eigenvalue weighted by Gasteiger charge is -2.09. The highest BCUT2D eigenvalue weighted by atomic mass is 79.9. The molecule has 0 fully saturated rings. The summed E-state index contributed by atoms with van der Waals surface area (Å²) >= 11 is 3.41. The molecule has 0 amide bonds. The molecule has 0 spiro atoms. The molecule has 0 heterocycles. The standard InChI is InChI=1S/C10H10BrNO/c1-6-5-9(13)8(3-4-12)7(2)10(6)11/h5,13H,3H2,1-2H3. The second-order valence-electron chi connectivity index (χ2n) is 2.97. The zero-order valence-electron chi connectivity index (χ0n) is 7.56. The Morgan fingerprint density at radius 1 is 1.54 bits per heavy atom. The normalized spacial score (nSPS) is 9.69. The van der Waals surface area contributed by atoms with Crippen LogP contribution in [0.4, 0.5) is 0 Å². The maximum absolute atomic E-state index is 9.56. The highest BCUT2D eigenvalue weighted by Crippen LogP contribution is 2.31. The number of aromatic hydroxyl groups is 1. The van der Waals surface area contributed by atoms with E-state index in [1.807, 2.05) is 19.9 Å². The fourth-order valence-corrected chi connectivity index (χ4v) is 1.63. The minimum atomic E-state index is 0.208. The van der Waals surface area contributed by atoms with Gasteiger partial charge in [0.1, 0.15) is 5.75 Å². The predicted octanol–water partition coefficient (Wildman–Crippen LogP) is 2.84. The van der Waals surface area contributed by atoms with Gasteiger partial charge in [-0.2, -0.15) is 5.26 Å². The minimum absolute atomic E-state index is 0.208. The molecule has 0 bridgehead atoms. The molecular formula is C10H10BrNO. The summed E-state index contributed by atoms with van der Waals surface area (Å²) in [6.45, 7) is 3.80. The average molecular weight is 240 g/mol. The van der Waals surface area contributed by atoms with Crippen molar-refractivity contribution in [2.75, 3.05) is 0 Å². The third kappa shape index (κ3) is 1.84. The van der Waals surface area contributed by atoms with Crippen LogP contribution in [0.3, 0.4) is 0 Å². The van der Waals surface area contributed by atoms with Crippen LogP contribution in [0.1, 0.15) is 16.7 Å². The van der Waals surface area contributed by atoms with Gasteiger partial charge in [0.25, 0.3) is 0 Å². The Balaban J connectivity index is 3.36. The van der Waals surface area contributed by atoms with E-state index in [0.717, 1.165) is 15.6 Å². The summed E-state index contributed by atoms with van der Waals surface area (Å²) in [5.41, 5.74) is 2.63. The zero-order valence-corrected chi connectivity index (χ0v) is 9.14. The van der Waals surface area contributed by atoms with Gasteiger partial charge in [0, 0.05) is 10.0 Å². The molecular weight excluding hydrogens is 230 g/mol. The van der Waals surface area contributed by atoms with Gasteiger partial charge in [0.15, 0.2) is 0 Å². The van der Waals surface area contributed by atoms with Crippen LogP contribution in [-0.4, -0.2) is 5.11 Å². The van der Waals surface area contributed by atoms with Gasteiger partial charge in [-0.25, -0.2) is 0 Å². The monoisotopic (exact) mass is 239 g/mol. The summed E-state index contributed by atoms with van der Waals surface area (Å²) in [6, 6.07) is 3.70. The van der Waals surface area contributed by atoms with E-state index >= 15 is 0 Å². The first-order valence-electron chi connectivity index (χ1n) is 3.92. The highest BCUT2D eigenvalue weighted by molar-refractivity contribution is 9.10. The van der Waals surface area contributed by atoms with Gasteiger partial charge in [-0.15, -0.1) is 0 Å². The number of phenols is 1. The molecule has 0 aliphatic carbocycles. The number of nitriles is 1. The van der Waals surface area contributed by atoms with Crippen LogP contribution in [0, 0.1) is 25.2 Å².